The zero-order valence-electron chi connectivity index (χ0n) is 6.77. The van der Waals surface area contributed by atoms with Crippen LogP contribution in [0.15, 0.2) is 5.38 Å². The first kappa shape index (κ1) is 9.41. The van der Waals surface area contributed by atoms with Gasteiger partial charge < -0.3 is 9.67 Å². The molecular weight excluding hydrogens is 194 g/mol. The molecule has 12 heavy (non-hydrogen) atoms. The molecule has 0 aliphatic heterocycles. The van der Waals surface area contributed by atoms with Crippen LogP contribution >= 0.6 is 23.6 Å². The van der Waals surface area contributed by atoms with E-state index in [1.807, 2.05) is 12.3 Å². The Kier molecular flexibility index (Phi) is 2.64. The molecule has 1 aromatic heterocycles. The van der Waals surface area contributed by atoms with E-state index in [0.717, 1.165) is 5.69 Å². The van der Waals surface area contributed by atoms with Crippen LogP contribution in [0.2, 0.25) is 0 Å². The van der Waals surface area contributed by atoms with E-state index in [0.29, 0.717) is 3.95 Å². The summed E-state index contributed by atoms with van der Waals surface area (Å²) in [7, 11) is 0. The van der Waals surface area contributed by atoms with Gasteiger partial charge in [-0.3, -0.25) is 0 Å². The number of hydrogen-bond donors (Lipinski definition) is 1. The Labute approximate surface area is 79.3 Å². The number of carboxylic acid groups (broad SMARTS) is 1. The van der Waals surface area contributed by atoms with Gasteiger partial charge in [0.05, 0.1) is 0 Å². The van der Waals surface area contributed by atoms with Crippen LogP contribution < -0.4 is 0 Å². The predicted molar refractivity (Wildman–Crippen MR) is 50.2 cm³/mol. The Morgan fingerprint density at radius 1 is 1.83 bits per heavy atom. The standard InChI is InChI=1S/C7H9NO2S2/c1-4-3-12-7(11)8(4)5(2)6(9)10/h3,5H,1-2H3,(H,9,10)/t5-/m0/s1. The maximum absolute atomic E-state index is 10.6. The molecule has 0 saturated heterocycles. The highest BCUT2D eigenvalue weighted by atomic mass is 32.1. The van der Waals surface area contributed by atoms with Crippen molar-refractivity contribution in [2.45, 2.75) is 19.9 Å². The minimum absolute atomic E-state index is 0.566. The number of aryl methyl sites for hydroxylation is 1. The fraction of sp³-hybridized carbons (Fsp3) is 0.429. The van der Waals surface area contributed by atoms with Gasteiger partial charge in [-0.15, -0.1) is 11.3 Å². The number of thiazole rings is 1. The Balaban J connectivity index is 3.18. The summed E-state index contributed by atoms with van der Waals surface area (Å²) in [6, 6.07) is -0.566. The zero-order valence-corrected chi connectivity index (χ0v) is 8.41. The Morgan fingerprint density at radius 2 is 2.42 bits per heavy atom. The van der Waals surface area contributed by atoms with E-state index in [1.165, 1.54) is 11.3 Å². The summed E-state index contributed by atoms with van der Waals surface area (Å²) in [5.74, 6) is -0.854. The van der Waals surface area contributed by atoms with Gasteiger partial charge in [-0.1, -0.05) is 0 Å². The number of aliphatic carboxylic acids is 1. The first-order chi connectivity index (χ1) is 5.54. The normalized spacial score (nSPS) is 12.8. The molecule has 1 N–H and O–H groups in total. The molecule has 0 saturated carbocycles. The van der Waals surface area contributed by atoms with E-state index in [9.17, 15) is 4.79 Å². The molecule has 0 fully saturated rings. The first-order valence-corrected chi connectivity index (χ1v) is 4.72. The van der Waals surface area contributed by atoms with E-state index in [-0.39, 0.29) is 0 Å². The van der Waals surface area contributed by atoms with E-state index >= 15 is 0 Å². The summed E-state index contributed by atoms with van der Waals surface area (Å²) in [6.45, 7) is 3.48. The zero-order chi connectivity index (χ0) is 9.30. The lowest BCUT2D eigenvalue weighted by molar-refractivity contribution is -0.140. The van der Waals surface area contributed by atoms with Crippen molar-refractivity contribution in [2.24, 2.45) is 0 Å². The van der Waals surface area contributed by atoms with Gasteiger partial charge in [0, 0.05) is 11.1 Å². The topological polar surface area (TPSA) is 42.2 Å². The van der Waals surface area contributed by atoms with Crippen LogP contribution in [0.25, 0.3) is 0 Å². The highest BCUT2D eigenvalue weighted by Crippen LogP contribution is 2.16. The third-order valence-corrected chi connectivity index (χ3v) is 2.99. The van der Waals surface area contributed by atoms with Crippen LogP contribution in [-0.4, -0.2) is 15.6 Å². The summed E-state index contributed by atoms with van der Waals surface area (Å²) in [4.78, 5) is 10.6. The molecule has 0 aliphatic carbocycles. The summed E-state index contributed by atoms with van der Waals surface area (Å²) in [5, 5.41) is 10.6. The fourth-order valence-electron chi connectivity index (χ4n) is 0.967. The molecule has 0 spiro atoms. The molecule has 1 rings (SSSR count). The highest BCUT2D eigenvalue weighted by Gasteiger charge is 2.15. The van der Waals surface area contributed by atoms with Crippen molar-refractivity contribution in [1.82, 2.24) is 4.57 Å². The van der Waals surface area contributed by atoms with Crippen molar-refractivity contribution in [2.75, 3.05) is 0 Å². The van der Waals surface area contributed by atoms with Gasteiger partial charge in [0.15, 0.2) is 3.95 Å². The third kappa shape index (κ3) is 1.56. The molecule has 1 aromatic rings. The van der Waals surface area contributed by atoms with Crippen molar-refractivity contribution in [1.29, 1.82) is 0 Å². The lowest BCUT2D eigenvalue weighted by atomic mass is 10.3. The van der Waals surface area contributed by atoms with Gasteiger partial charge in [-0.05, 0) is 26.1 Å². The van der Waals surface area contributed by atoms with Crippen molar-refractivity contribution < 1.29 is 9.90 Å². The van der Waals surface area contributed by atoms with Crippen LogP contribution in [0.4, 0.5) is 0 Å². The Morgan fingerprint density at radius 3 is 2.75 bits per heavy atom. The Hall–Kier alpha value is -0.680. The number of nitrogens with zero attached hydrogens (tertiary/aromatic N) is 1. The van der Waals surface area contributed by atoms with E-state index in [4.69, 9.17) is 17.3 Å². The summed E-state index contributed by atoms with van der Waals surface area (Å²) < 4.78 is 2.25. The molecule has 0 bridgehead atoms. The second-order valence-corrected chi connectivity index (χ2v) is 4.03. The van der Waals surface area contributed by atoms with E-state index in [1.54, 1.807) is 11.5 Å². The molecule has 0 radical (unpaired) electrons. The average molecular weight is 203 g/mol. The molecule has 0 amide bonds. The van der Waals surface area contributed by atoms with Crippen LogP contribution in [-0.2, 0) is 4.79 Å². The summed E-state index contributed by atoms with van der Waals surface area (Å²) in [6.07, 6.45) is 0. The quantitative estimate of drug-likeness (QED) is 0.749. The monoisotopic (exact) mass is 203 g/mol. The van der Waals surface area contributed by atoms with Crippen LogP contribution in [0.3, 0.4) is 0 Å². The maximum Gasteiger partial charge on any atom is 0.326 e. The average Bonchev–Trinajstić information content (AvgIpc) is 2.30. The van der Waals surface area contributed by atoms with Gasteiger partial charge in [0.1, 0.15) is 6.04 Å². The van der Waals surface area contributed by atoms with Crippen LogP contribution in [0, 0.1) is 10.9 Å². The molecule has 5 heteroatoms. The minimum atomic E-state index is -0.854. The Bertz CT molecular complexity index is 353. The molecule has 66 valence electrons. The van der Waals surface area contributed by atoms with Gasteiger partial charge in [-0.2, -0.15) is 0 Å². The molecular formula is C7H9NO2S2. The second-order valence-electron chi connectivity index (χ2n) is 2.53. The highest BCUT2D eigenvalue weighted by molar-refractivity contribution is 7.73. The lowest BCUT2D eigenvalue weighted by Crippen LogP contribution is -2.16. The number of carboxylic acids is 1. The van der Waals surface area contributed by atoms with E-state index in [2.05, 4.69) is 0 Å². The summed E-state index contributed by atoms with van der Waals surface area (Å²) in [5.41, 5.74) is 0.903. The maximum atomic E-state index is 10.6. The second kappa shape index (κ2) is 3.37. The van der Waals surface area contributed by atoms with Gasteiger partial charge in [0.2, 0.25) is 0 Å². The minimum Gasteiger partial charge on any atom is -0.480 e. The molecule has 0 aliphatic rings. The molecule has 0 aromatic carbocycles. The number of carbonyl (C=O) groups is 1. The van der Waals surface area contributed by atoms with Crippen molar-refractivity contribution in [3.8, 4) is 0 Å². The number of aromatic nitrogens is 1. The molecule has 0 unspecified atom stereocenters. The third-order valence-electron chi connectivity index (χ3n) is 1.65. The number of rotatable bonds is 2. The largest absolute Gasteiger partial charge is 0.480 e. The van der Waals surface area contributed by atoms with E-state index < -0.39 is 12.0 Å². The summed E-state index contributed by atoms with van der Waals surface area (Å²) >= 11 is 6.38. The van der Waals surface area contributed by atoms with Gasteiger partial charge >= 0.3 is 5.97 Å². The smallest absolute Gasteiger partial charge is 0.326 e. The SMILES string of the molecule is Cc1csc(=S)n1[C@@H](C)C(=O)O. The molecule has 1 atom stereocenters. The van der Waals surface area contributed by atoms with Crippen LogP contribution in [0.1, 0.15) is 18.7 Å². The number of hydrogen-bond acceptors (Lipinski definition) is 3. The predicted octanol–water partition coefficient (Wildman–Crippen LogP) is 2.23. The van der Waals surface area contributed by atoms with Crippen LogP contribution in [0.5, 0.6) is 0 Å². The lowest BCUT2D eigenvalue weighted by Gasteiger charge is -2.09. The molecule has 1 heterocycles. The van der Waals surface area contributed by atoms with Crippen molar-refractivity contribution >= 4 is 29.5 Å². The first-order valence-electron chi connectivity index (χ1n) is 3.43. The molecule has 3 nitrogen and oxygen atoms in total. The fourth-order valence-corrected chi connectivity index (χ4v) is 2.21. The van der Waals surface area contributed by atoms with Gasteiger partial charge in [-0.25, -0.2) is 4.79 Å². The van der Waals surface area contributed by atoms with Crippen molar-refractivity contribution in [3.63, 3.8) is 0 Å². The van der Waals surface area contributed by atoms with Gasteiger partial charge in [0.25, 0.3) is 0 Å². The van der Waals surface area contributed by atoms with Crippen molar-refractivity contribution in [3.05, 3.63) is 15.0 Å².